The number of hydrogen-bond donors (Lipinski definition) is 3. The molecule has 0 radical (unpaired) electrons. The van der Waals surface area contributed by atoms with Crippen molar-refractivity contribution in [1.82, 2.24) is 29.0 Å². The summed E-state index contributed by atoms with van der Waals surface area (Å²) in [5, 5.41) is 11.6. The monoisotopic (exact) mass is 1070 g/mol. The van der Waals surface area contributed by atoms with Crippen molar-refractivity contribution >= 4 is 46.4 Å². The molecule has 1 aliphatic heterocycles. The molecule has 14 heteroatoms. The van der Waals surface area contributed by atoms with E-state index >= 15 is 0 Å². The number of aldehydes is 1. The number of anilines is 2. The zero-order valence-corrected chi connectivity index (χ0v) is 49.2. The van der Waals surface area contributed by atoms with Crippen molar-refractivity contribution in [3.05, 3.63) is 124 Å². The van der Waals surface area contributed by atoms with Crippen molar-refractivity contribution in [3.8, 4) is 17.6 Å². The van der Waals surface area contributed by atoms with Crippen LogP contribution in [0.1, 0.15) is 110 Å². The number of carbonyl (C=O) groups is 2. The van der Waals surface area contributed by atoms with Gasteiger partial charge in [-0.15, -0.1) is 0 Å². The van der Waals surface area contributed by atoms with Crippen molar-refractivity contribution in [2.75, 3.05) is 98.0 Å². The van der Waals surface area contributed by atoms with Crippen LogP contribution in [0.5, 0.6) is 5.75 Å². The number of methoxy groups -OCH3 is 1. The smallest absolute Gasteiger partial charge is 0.220 e. The summed E-state index contributed by atoms with van der Waals surface area (Å²) in [5.74, 6) is 7.68. The third kappa shape index (κ3) is 21.5. The minimum Gasteiger partial charge on any atom is -0.495 e. The van der Waals surface area contributed by atoms with Crippen LogP contribution in [-0.4, -0.2) is 129 Å². The Labute approximate surface area is 466 Å². The molecule has 1 amide bonds. The van der Waals surface area contributed by atoms with Crippen LogP contribution in [-0.2, 0) is 38.6 Å². The van der Waals surface area contributed by atoms with Crippen molar-refractivity contribution in [2.24, 2.45) is 5.41 Å². The number of nitrogens with one attached hydrogen (secondary N) is 3. The zero-order valence-electron chi connectivity index (χ0n) is 48.4. The summed E-state index contributed by atoms with van der Waals surface area (Å²) in [6.45, 7) is 23.3. The number of allylic oxidation sites excluding steroid dienone is 7. The van der Waals surface area contributed by atoms with Gasteiger partial charge >= 0.3 is 0 Å². The van der Waals surface area contributed by atoms with E-state index in [1.165, 1.54) is 27.7 Å². The summed E-state index contributed by atoms with van der Waals surface area (Å²) in [6, 6.07) is 19.6. The molecule has 3 N–H and O–H groups in total. The normalized spacial score (nSPS) is 14.2. The molecule has 4 aromatic rings. The third-order valence-electron chi connectivity index (χ3n) is 13.6. The van der Waals surface area contributed by atoms with E-state index in [-0.39, 0.29) is 11.3 Å². The van der Waals surface area contributed by atoms with Gasteiger partial charge in [-0.3, -0.25) is 14.6 Å². The first-order valence-electron chi connectivity index (χ1n) is 27.7. The van der Waals surface area contributed by atoms with Crippen LogP contribution in [0, 0.1) is 17.3 Å². The maximum Gasteiger partial charge on any atom is 0.220 e. The SMILES string of the molecule is C/C=C(C)/C(C(/C=CC=O)=C/N(C)Cc1ccnc(CCC(=O)NCCOCCCCCOCCN(C)Sc2ccc(NCC#Cc3cc4c(NC5CCN(C)CC5)cccc4n3CC(C)(C)C)c(OC)c2)c1)=C(/C)CC. The first kappa shape index (κ1) is 62.0. The van der Waals surface area contributed by atoms with Gasteiger partial charge in [0.25, 0.3) is 0 Å². The van der Waals surface area contributed by atoms with E-state index in [1.807, 2.05) is 26.1 Å². The number of rotatable bonds is 31. The summed E-state index contributed by atoms with van der Waals surface area (Å²) < 4.78 is 22.1. The minimum atomic E-state index is -0.0148. The number of likely N-dealkylation sites (N-methyl/N-ethyl adjacent to an activating group) is 1. The zero-order chi connectivity index (χ0) is 55.6. The van der Waals surface area contributed by atoms with Gasteiger partial charge in [0.05, 0.1) is 43.8 Å². The number of fused-ring (bicyclic) bond motifs is 1. The second-order valence-electron chi connectivity index (χ2n) is 21.4. The lowest BCUT2D eigenvalue weighted by Crippen LogP contribution is -2.36. The Morgan fingerprint density at radius 3 is 2.45 bits per heavy atom. The highest BCUT2D eigenvalue weighted by Gasteiger charge is 2.21. The summed E-state index contributed by atoms with van der Waals surface area (Å²) in [4.78, 5) is 34.0. The molecule has 1 aliphatic rings. The number of carbonyl (C=O) groups excluding carboxylic acids is 2. The number of amides is 1. The van der Waals surface area contributed by atoms with Crippen LogP contribution in [0.15, 0.2) is 112 Å². The largest absolute Gasteiger partial charge is 0.495 e. The van der Waals surface area contributed by atoms with Gasteiger partial charge < -0.3 is 44.5 Å². The molecular weight excluding hydrogens is 981 g/mol. The number of ether oxygens (including phenoxy) is 3. The van der Waals surface area contributed by atoms with E-state index in [4.69, 9.17) is 14.2 Å². The van der Waals surface area contributed by atoms with Crippen molar-refractivity contribution in [1.29, 1.82) is 0 Å². The van der Waals surface area contributed by atoms with Crippen LogP contribution < -0.4 is 20.7 Å². The van der Waals surface area contributed by atoms with E-state index < -0.39 is 0 Å². The maximum atomic E-state index is 12.6. The Bertz CT molecular complexity index is 2680. The molecule has 418 valence electrons. The van der Waals surface area contributed by atoms with Gasteiger partial charge in [-0.1, -0.05) is 51.3 Å². The van der Waals surface area contributed by atoms with Crippen LogP contribution in [0.3, 0.4) is 0 Å². The summed E-state index contributed by atoms with van der Waals surface area (Å²) in [7, 11) is 8.01. The lowest BCUT2D eigenvalue weighted by molar-refractivity contribution is -0.121. The molecule has 0 aliphatic carbocycles. The van der Waals surface area contributed by atoms with Gasteiger partial charge in [0.2, 0.25) is 5.91 Å². The number of hydrogen-bond acceptors (Lipinski definition) is 12. The standard InChI is InChI=1S/C63H90N8O5S/c1-12-48(3)62(49(4)13-2)51(20-19-37-72)46-69(9)45-50-28-32-64-53(42-50)24-27-61(73)66-33-40-75-38-15-14-16-39-76-41-36-70(10)77-55-25-26-58(60(44-55)74-11)65-31-18-21-54-43-56-57(67-52-29-34-68(8)35-30-52)22-17-23-59(56)71(54)47-63(5,6)7/h12,17,19-20,22-23,25-26,28,32,37,42-44,46,52,65,67H,13-16,24,27,29-31,33-36,38-41,45,47H2,1-11H3,(H,66,73)/b20-19?,48-12+,51-46+,62-49+. The van der Waals surface area contributed by atoms with Crippen LogP contribution in [0.4, 0.5) is 11.4 Å². The predicted molar refractivity (Wildman–Crippen MR) is 321 cm³/mol. The Hall–Kier alpha value is -5.82. The highest BCUT2D eigenvalue weighted by molar-refractivity contribution is 7.97. The fourth-order valence-corrected chi connectivity index (χ4v) is 10.1. The molecule has 0 bridgehead atoms. The number of aromatic nitrogens is 2. The number of benzene rings is 2. The van der Waals surface area contributed by atoms with E-state index in [0.29, 0.717) is 64.9 Å². The maximum absolute atomic E-state index is 12.6. The molecular formula is C63H90N8O5S. The first-order chi connectivity index (χ1) is 37.1. The molecule has 3 heterocycles. The number of nitrogens with zero attached hydrogens (tertiary/aromatic N) is 5. The van der Waals surface area contributed by atoms with Gasteiger partial charge in [0, 0.05) is 93.0 Å². The van der Waals surface area contributed by atoms with Gasteiger partial charge in [-0.2, -0.15) is 0 Å². The van der Waals surface area contributed by atoms with Crippen molar-refractivity contribution < 1.29 is 23.8 Å². The first-order valence-corrected chi connectivity index (χ1v) is 28.5. The summed E-state index contributed by atoms with van der Waals surface area (Å²) >= 11 is 1.67. The number of aryl methyl sites for hydroxylation is 1. The number of likely N-dealkylation sites (tertiary alicyclic amines) is 1. The summed E-state index contributed by atoms with van der Waals surface area (Å²) in [6.07, 6.45) is 17.3. The highest BCUT2D eigenvalue weighted by Crippen LogP contribution is 2.33. The molecule has 0 spiro atoms. The third-order valence-corrected chi connectivity index (χ3v) is 14.5. The molecule has 2 aromatic carbocycles. The average Bonchev–Trinajstić information content (AvgIpc) is 3.77. The molecule has 1 fully saturated rings. The quantitative estimate of drug-likeness (QED) is 0.0111. The molecule has 2 aromatic heterocycles. The highest BCUT2D eigenvalue weighted by atomic mass is 32.2. The van der Waals surface area contributed by atoms with E-state index in [9.17, 15) is 9.59 Å². The Morgan fingerprint density at radius 2 is 1.74 bits per heavy atom. The van der Waals surface area contributed by atoms with Crippen LogP contribution in [0.25, 0.3) is 10.9 Å². The number of piperidine rings is 1. The Balaban J connectivity index is 0.935. The van der Waals surface area contributed by atoms with Gasteiger partial charge in [-0.05, 0) is 199 Å². The van der Waals surface area contributed by atoms with Gasteiger partial charge in [0.15, 0.2) is 0 Å². The average molecular weight is 1070 g/mol. The Morgan fingerprint density at radius 1 is 0.974 bits per heavy atom. The lowest BCUT2D eigenvalue weighted by atomic mass is 9.92. The molecule has 0 saturated carbocycles. The van der Waals surface area contributed by atoms with Gasteiger partial charge in [-0.25, -0.2) is 4.31 Å². The fourth-order valence-electron chi connectivity index (χ4n) is 9.28. The predicted octanol–water partition coefficient (Wildman–Crippen LogP) is 11.7. The molecule has 1 saturated heterocycles. The summed E-state index contributed by atoms with van der Waals surface area (Å²) in [5.41, 5.74) is 11.0. The van der Waals surface area contributed by atoms with Crippen LogP contribution >= 0.6 is 11.9 Å². The van der Waals surface area contributed by atoms with E-state index in [0.717, 1.165) is 115 Å². The van der Waals surface area contributed by atoms with Crippen molar-refractivity contribution in [3.63, 3.8) is 0 Å². The second kappa shape index (κ2) is 32.8. The van der Waals surface area contributed by atoms with E-state index in [2.05, 4.69) is 168 Å². The molecule has 5 rings (SSSR count). The van der Waals surface area contributed by atoms with Gasteiger partial charge in [0.1, 0.15) is 12.0 Å². The number of unbranched alkanes of at least 4 members (excludes halogenated alkanes) is 2. The van der Waals surface area contributed by atoms with E-state index in [1.54, 1.807) is 31.3 Å². The molecule has 77 heavy (non-hydrogen) atoms. The van der Waals surface area contributed by atoms with Crippen molar-refractivity contribution in [2.45, 2.75) is 124 Å². The molecule has 13 nitrogen and oxygen atoms in total. The Kier molecular flexibility index (Phi) is 26.4. The molecule has 0 atom stereocenters. The molecule has 0 unspecified atom stereocenters. The lowest BCUT2D eigenvalue weighted by Gasteiger charge is -2.30. The topological polar surface area (TPSA) is 125 Å². The number of pyridine rings is 1. The second-order valence-corrected chi connectivity index (χ2v) is 22.6. The van der Waals surface area contributed by atoms with Crippen LogP contribution in [0.2, 0.25) is 0 Å². The minimum absolute atomic E-state index is 0.0148. The fraction of sp³-hybridized carbons (Fsp3) is 0.508.